The van der Waals surface area contributed by atoms with E-state index in [1.807, 2.05) is 0 Å². The van der Waals surface area contributed by atoms with Crippen LogP contribution < -0.4 is 15.4 Å². The third-order valence-corrected chi connectivity index (χ3v) is 5.05. The molecule has 0 saturated heterocycles. The van der Waals surface area contributed by atoms with Crippen LogP contribution in [0.1, 0.15) is 32.0 Å². The SMILES string of the molecule is Cc1c(Oc2ccnc(C(=O)Nc3ccn(C)n3)c2)cccc1C(=O)NCc1cc(F)cc(F)c1. The summed E-state index contributed by atoms with van der Waals surface area (Å²) in [5.41, 5.74) is 1.31. The van der Waals surface area contributed by atoms with Gasteiger partial charge in [0, 0.05) is 55.3 Å². The highest BCUT2D eigenvalue weighted by Crippen LogP contribution is 2.27. The predicted molar refractivity (Wildman–Crippen MR) is 124 cm³/mol. The molecule has 4 aromatic rings. The maximum atomic E-state index is 13.4. The highest BCUT2D eigenvalue weighted by molar-refractivity contribution is 6.02. The van der Waals surface area contributed by atoms with Crippen molar-refractivity contribution in [1.29, 1.82) is 0 Å². The fourth-order valence-corrected chi connectivity index (χ4v) is 3.35. The van der Waals surface area contributed by atoms with Crippen molar-refractivity contribution in [2.45, 2.75) is 13.5 Å². The zero-order chi connectivity index (χ0) is 24.9. The van der Waals surface area contributed by atoms with E-state index in [1.54, 1.807) is 55.2 Å². The molecule has 0 aliphatic heterocycles. The zero-order valence-electron chi connectivity index (χ0n) is 18.9. The molecule has 0 aliphatic rings. The Morgan fingerprint density at radius 3 is 2.51 bits per heavy atom. The molecule has 2 heterocycles. The van der Waals surface area contributed by atoms with Crippen LogP contribution in [0.5, 0.6) is 11.5 Å². The number of anilines is 1. The van der Waals surface area contributed by atoms with Crippen molar-refractivity contribution < 1.29 is 23.1 Å². The Morgan fingerprint density at radius 1 is 1.03 bits per heavy atom. The number of carbonyl (C=O) groups excluding carboxylic acids is 2. The molecule has 8 nitrogen and oxygen atoms in total. The fourth-order valence-electron chi connectivity index (χ4n) is 3.35. The maximum absolute atomic E-state index is 13.4. The number of amides is 2. The number of benzene rings is 2. The van der Waals surface area contributed by atoms with Crippen molar-refractivity contribution in [3.05, 3.63) is 101 Å². The van der Waals surface area contributed by atoms with Gasteiger partial charge >= 0.3 is 0 Å². The summed E-state index contributed by atoms with van der Waals surface area (Å²) in [6, 6.07) is 12.7. The number of nitrogens with zero attached hydrogens (tertiary/aromatic N) is 3. The quantitative estimate of drug-likeness (QED) is 0.412. The second kappa shape index (κ2) is 10.1. The maximum Gasteiger partial charge on any atom is 0.275 e. The van der Waals surface area contributed by atoms with Crippen LogP contribution in [0.3, 0.4) is 0 Å². The second-order valence-electron chi connectivity index (χ2n) is 7.70. The first-order valence-electron chi connectivity index (χ1n) is 10.6. The fraction of sp³-hybridized carbons (Fsp3) is 0.120. The lowest BCUT2D eigenvalue weighted by Crippen LogP contribution is -2.23. The minimum Gasteiger partial charge on any atom is -0.457 e. The van der Waals surface area contributed by atoms with Crippen molar-refractivity contribution in [2.24, 2.45) is 7.05 Å². The minimum absolute atomic E-state index is 0.0445. The van der Waals surface area contributed by atoms with Crippen LogP contribution in [0.15, 0.2) is 67.0 Å². The summed E-state index contributed by atoms with van der Waals surface area (Å²) >= 11 is 0. The highest BCUT2D eigenvalue weighted by Gasteiger charge is 2.15. The first kappa shape index (κ1) is 23.6. The van der Waals surface area contributed by atoms with Crippen LogP contribution in [0, 0.1) is 18.6 Å². The first-order valence-corrected chi connectivity index (χ1v) is 10.6. The summed E-state index contributed by atoms with van der Waals surface area (Å²) < 4.78 is 34.3. The summed E-state index contributed by atoms with van der Waals surface area (Å²) in [5, 5.41) is 9.40. The Kier molecular flexibility index (Phi) is 6.81. The molecule has 2 aromatic carbocycles. The number of rotatable bonds is 7. The van der Waals surface area contributed by atoms with Crippen molar-refractivity contribution >= 4 is 17.6 Å². The van der Waals surface area contributed by atoms with E-state index in [-0.39, 0.29) is 12.2 Å². The van der Waals surface area contributed by atoms with Gasteiger partial charge in [-0.25, -0.2) is 8.78 Å². The van der Waals surface area contributed by atoms with Gasteiger partial charge in [-0.1, -0.05) is 6.07 Å². The van der Waals surface area contributed by atoms with Crippen molar-refractivity contribution in [1.82, 2.24) is 20.1 Å². The van der Waals surface area contributed by atoms with Crippen molar-refractivity contribution in [3.8, 4) is 11.5 Å². The lowest BCUT2D eigenvalue weighted by Gasteiger charge is -2.13. The summed E-state index contributed by atoms with van der Waals surface area (Å²) in [6.07, 6.45) is 3.14. The Balaban J connectivity index is 1.46. The number of hydrogen-bond acceptors (Lipinski definition) is 5. The van der Waals surface area contributed by atoms with E-state index in [1.165, 1.54) is 12.3 Å². The molecule has 0 bridgehead atoms. The summed E-state index contributed by atoms with van der Waals surface area (Å²) in [6.45, 7) is 1.67. The standard InChI is InChI=1S/C25H21F2N5O3/c1-15-20(24(33)29-14-16-10-17(26)12-18(27)11-16)4-3-5-22(15)35-19-6-8-28-21(13-19)25(34)30-23-7-9-32(2)31-23/h3-13H,14H2,1-2H3,(H,29,33)(H,30,31,34). The molecular weight excluding hydrogens is 456 g/mol. The molecule has 4 rings (SSSR count). The summed E-state index contributed by atoms with van der Waals surface area (Å²) in [4.78, 5) is 29.3. The van der Waals surface area contributed by atoms with Gasteiger partial charge in [-0.2, -0.15) is 5.10 Å². The number of halogens is 2. The number of carbonyl (C=O) groups is 2. The molecule has 0 unspecified atom stereocenters. The summed E-state index contributed by atoms with van der Waals surface area (Å²) in [5.74, 6) is -1.17. The van der Waals surface area contributed by atoms with Gasteiger partial charge in [-0.15, -0.1) is 0 Å². The van der Waals surface area contributed by atoms with E-state index in [0.29, 0.717) is 34.0 Å². The molecule has 35 heavy (non-hydrogen) atoms. The molecule has 0 saturated carbocycles. The van der Waals surface area contributed by atoms with E-state index >= 15 is 0 Å². The van der Waals surface area contributed by atoms with Crippen LogP contribution in [-0.2, 0) is 13.6 Å². The van der Waals surface area contributed by atoms with Crippen LogP contribution in [0.25, 0.3) is 0 Å². The van der Waals surface area contributed by atoms with Gasteiger partial charge in [0.25, 0.3) is 11.8 Å². The van der Waals surface area contributed by atoms with E-state index < -0.39 is 23.4 Å². The van der Waals surface area contributed by atoms with E-state index in [4.69, 9.17) is 4.74 Å². The molecule has 0 atom stereocenters. The number of aromatic nitrogens is 3. The van der Waals surface area contributed by atoms with Crippen molar-refractivity contribution in [3.63, 3.8) is 0 Å². The van der Waals surface area contributed by atoms with Gasteiger partial charge in [0.15, 0.2) is 5.82 Å². The Bertz CT molecular complexity index is 1380. The third kappa shape index (κ3) is 5.85. The molecular formula is C25H21F2N5O3. The zero-order valence-corrected chi connectivity index (χ0v) is 18.9. The van der Waals surface area contributed by atoms with Gasteiger partial charge in [-0.05, 0) is 42.8 Å². The normalized spacial score (nSPS) is 10.6. The smallest absolute Gasteiger partial charge is 0.275 e. The van der Waals surface area contributed by atoms with Crippen molar-refractivity contribution in [2.75, 3.05) is 5.32 Å². The third-order valence-electron chi connectivity index (χ3n) is 5.05. The Labute approximate surface area is 199 Å². The largest absolute Gasteiger partial charge is 0.457 e. The van der Waals surface area contributed by atoms with Crippen LogP contribution in [0.2, 0.25) is 0 Å². The molecule has 0 fully saturated rings. The Morgan fingerprint density at radius 2 is 1.80 bits per heavy atom. The number of ether oxygens (including phenoxy) is 1. The first-order chi connectivity index (χ1) is 16.8. The highest BCUT2D eigenvalue weighted by atomic mass is 19.1. The van der Waals surface area contributed by atoms with E-state index in [2.05, 4.69) is 20.7 Å². The topological polar surface area (TPSA) is 98.1 Å². The lowest BCUT2D eigenvalue weighted by atomic mass is 10.1. The molecule has 0 radical (unpaired) electrons. The Hall–Kier alpha value is -4.60. The average Bonchev–Trinajstić information content (AvgIpc) is 3.23. The second-order valence-corrected chi connectivity index (χ2v) is 7.70. The van der Waals surface area contributed by atoms with Gasteiger partial charge in [-0.3, -0.25) is 19.3 Å². The molecule has 2 N–H and O–H groups in total. The molecule has 2 aromatic heterocycles. The van der Waals surface area contributed by atoms with Gasteiger partial charge in [0.2, 0.25) is 0 Å². The average molecular weight is 477 g/mol. The minimum atomic E-state index is -0.716. The monoisotopic (exact) mass is 477 g/mol. The molecule has 0 aliphatic carbocycles. The molecule has 10 heteroatoms. The van der Waals surface area contributed by atoms with Crippen LogP contribution >= 0.6 is 0 Å². The van der Waals surface area contributed by atoms with E-state index in [0.717, 1.165) is 18.2 Å². The number of pyridine rings is 1. The molecule has 178 valence electrons. The molecule has 2 amide bonds. The van der Waals surface area contributed by atoms with Crippen LogP contribution in [-0.4, -0.2) is 26.6 Å². The lowest BCUT2D eigenvalue weighted by molar-refractivity contribution is 0.0949. The number of aryl methyl sites for hydroxylation is 1. The van der Waals surface area contributed by atoms with Gasteiger partial charge in [0.05, 0.1) is 0 Å². The van der Waals surface area contributed by atoms with Gasteiger partial charge < -0.3 is 15.4 Å². The summed E-state index contributed by atoms with van der Waals surface area (Å²) in [7, 11) is 1.74. The number of nitrogens with one attached hydrogen (secondary N) is 2. The molecule has 0 spiro atoms. The van der Waals surface area contributed by atoms with E-state index in [9.17, 15) is 18.4 Å². The van der Waals surface area contributed by atoms with Gasteiger partial charge in [0.1, 0.15) is 28.8 Å². The van der Waals surface area contributed by atoms with Crippen LogP contribution in [0.4, 0.5) is 14.6 Å². The predicted octanol–water partition coefficient (Wildman–Crippen LogP) is 4.38. The number of hydrogen-bond donors (Lipinski definition) is 2.